The number of nitrogens with one attached hydrogen (secondary N) is 2. The van der Waals surface area contributed by atoms with Gasteiger partial charge in [0.1, 0.15) is 12.0 Å². The number of aromatic nitrogens is 1. The molecule has 2 heterocycles. The molecule has 0 spiro atoms. The molecule has 2 N–H and O–H groups in total. The minimum Gasteiger partial charge on any atom is -0.364 e. The van der Waals surface area contributed by atoms with Crippen LogP contribution >= 0.6 is 0 Å². The summed E-state index contributed by atoms with van der Waals surface area (Å²) in [7, 11) is -3.70. The van der Waals surface area contributed by atoms with Crippen molar-refractivity contribution in [1.82, 2.24) is 20.1 Å². The first-order valence-corrected chi connectivity index (χ1v) is 8.61. The first kappa shape index (κ1) is 18.5. The van der Waals surface area contributed by atoms with Crippen LogP contribution in [0.25, 0.3) is 0 Å². The van der Waals surface area contributed by atoms with E-state index in [1.54, 1.807) is 13.1 Å². The SMILES string of the molecule is CN=C(NCc1ccon1)NC1CCN(S(=O)(=O)C(F)(F)F)CC1. The average Bonchev–Trinajstić information content (AvgIpc) is 3.04. The molecule has 1 fully saturated rings. The monoisotopic (exact) mass is 369 g/mol. The molecule has 24 heavy (non-hydrogen) atoms. The maximum atomic E-state index is 12.5. The molecule has 0 atom stereocenters. The Morgan fingerprint density at radius 2 is 2.12 bits per heavy atom. The van der Waals surface area contributed by atoms with Gasteiger partial charge in [-0.1, -0.05) is 5.16 Å². The summed E-state index contributed by atoms with van der Waals surface area (Å²) in [4.78, 5) is 4.01. The second-order valence-electron chi connectivity index (χ2n) is 5.18. The lowest BCUT2D eigenvalue weighted by atomic mass is 10.1. The van der Waals surface area contributed by atoms with Gasteiger partial charge in [0.2, 0.25) is 0 Å². The number of sulfonamides is 1. The molecule has 0 saturated carbocycles. The van der Waals surface area contributed by atoms with E-state index in [0.717, 1.165) is 0 Å². The number of aliphatic imine (C=N–C) groups is 1. The van der Waals surface area contributed by atoms with E-state index in [1.807, 2.05) is 0 Å². The van der Waals surface area contributed by atoms with Crippen molar-refractivity contribution in [3.63, 3.8) is 0 Å². The Morgan fingerprint density at radius 3 is 2.62 bits per heavy atom. The third-order valence-electron chi connectivity index (χ3n) is 3.58. The molecule has 1 saturated heterocycles. The summed E-state index contributed by atoms with van der Waals surface area (Å²) in [6.45, 7) is -0.0168. The smallest absolute Gasteiger partial charge is 0.364 e. The van der Waals surface area contributed by atoms with Crippen LogP contribution in [-0.2, 0) is 16.6 Å². The van der Waals surface area contributed by atoms with Crippen molar-refractivity contribution in [3.05, 3.63) is 18.0 Å². The molecule has 0 unspecified atom stereocenters. The highest BCUT2D eigenvalue weighted by Crippen LogP contribution is 2.28. The van der Waals surface area contributed by atoms with Gasteiger partial charge < -0.3 is 15.2 Å². The summed E-state index contributed by atoms with van der Waals surface area (Å²) < 4.78 is 65.5. The lowest BCUT2D eigenvalue weighted by molar-refractivity contribution is -0.0494. The Hall–Kier alpha value is -1.82. The minimum atomic E-state index is -5.26. The standard InChI is InChI=1S/C12H18F3N5O3S/c1-16-11(17-8-10-4-7-23-19-10)18-9-2-5-20(6-3-9)24(21,22)12(13,14)15/h4,7,9H,2-3,5-6,8H2,1H3,(H2,16,17,18). The number of halogens is 3. The number of rotatable bonds is 4. The Balaban J connectivity index is 1.83. The van der Waals surface area contributed by atoms with Crippen LogP contribution in [0.2, 0.25) is 0 Å². The Morgan fingerprint density at radius 1 is 1.46 bits per heavy atom. The van der Waals surface area contributed by atoms with Gasteiger partial charge in [-0.2, -0.15) is 17.5 Å². The Labute approximate surface area is 137 Å². The number of piperidine rings is 1. The molecule has 136 valence electrons. The summed E-state index contributed by atoms with van der Waals surface area (Å²) in [5.74, 6) is 0.454. The summed E-state index contributed by atoms with van der Waals surface area (Å²) in [5.41, 5.74) is -4.59. The van der Waals surface area contributed by atoms with Crippen LogP contribution in [0.15, 0.2) is 21.8 Å². The van der Waals surface area contributed by atoms with Crippen molar-refractivity contribution in [2.24, 2.45) is 4.99 Å². The zero-order chi connectivity index (χ0) is 17.8. The van der Waals surface area contributed by atoms with Crippen molar-refractivity contribution in [3.8, 4) is 0 Å². The van der Waals surface area contributed by atoms with Crippen molar-refractivity contribution in [2.45, 2.75) is 30.9 Å². The quantitative estimate of drug-likeness (QED) is 0.597. The van der Waals surface area contributed by atoms with Gasteiger partial charge in [0.25, 0.3) is 0 Å². The molecular weight excluding hydrogens is 351 g/mol. The van der Waals surface area contributed by atoms with E-state index >= 15 is 0 Å². The van der Waals surface area contributed by atoms with Gasteiger partial charge in [0.15, 0.2) is 5.96 Å². The molecule has 0 aromatic carbocycles. The maximum Gasteiger partial charge on any atom is 0.511 e. The summed E-state index contributed by atoms with van der Waals surface area (Å²) in [5, 5.41) is 9.77. The number of alkyl halides is 3. The van der Waals surface area contributed by atoms with Crippen LogP contribution in [0.1, 0.15) is 18.5 Å². The zero-order valence-corrected chi connectivity index (χ0v) is 13.7. The molecule has 0 radical (unpaired) electrons. The van der Waals surface area contributed by atoms with Gasteiger partial charge in [-0.05, 0) is 12.8 Å². The molecule has 0 aliphatic carbocycles. The van der Waals surface area contributed by atoms with E-state index in [2.05, 4.69) is 20.8 Å². The molecule has 0 bridgehead atoms. The van der Waals surface area contributed by atoms with Crippen LogP contribution in [-0.4, -0.2) is 55.5 Å². The first-order chi connectivity index (χ1) is 11.2. The van der Waals surface area contributed by atoms with E-state index in [4.69, 9.17) is 4.52 Å². The predicted octanol–water partition coefficient (Wildman–Crippen LogP) is 0.654. The highest BCUT2D eigenvalue weighted by molar-refractivity contribution is 7.90. The molecule has 12 heteroatoms. The van der Waals surface area contributed by atoms with Gasteiger partial charge in [0, 0.05) is 32.2 Å². The molecule has 8 nitrogen and oxygen atoms in total. The zero-order valence-electron chi connectivity index (χ0n) is 12.9. The molecule has 1 aliphatic heterocycles. The average molecular weight is 369 g/mol. The van der Waals surface area contributed by atoms with Crippen LogP contribution in [0, 0.1) is 0 Å². The topological polar surface area (TPSA) is 99.8 Å². The van der Waals surface area contributed by atoms with E-state index in [0.29, 0.717) is 22.5 Å². The van der Waals surface area contributed by atoms with Crippen LogP contribution in [0.4, 0.5) is 13.2 Å². The largest absolute Gasteiger partial charge is 0.511 e. The lowest BCUT2D eigenvalue weighted by Gasteiger charge is -2.32. The fraction of sp³-hybridized carbons (Fsp3) is 0.667. The van der Waals surface area contributed by atoms with Crippen molar-refractivity contribution in [2.75, 3.05) is 20.1 Å². The third kappa shape index (κ3) is 4.38. The molecule has 0 amide bonds. The first-order valence-electron chi connectivity index (χ1n) is 7.17. The van der Waals surface area contributed by atoms with E-state index < -0.39 is 15.5 Å². The van der Waals surface area contributed by atoms with Crippen molar-refractivity contribution >= 4 is 16.0 Å². The highest BCUT2D eigenvalue weighted by Gasteiger charge is 2.50. The number of hydrogen-bond acceptors (Lipinski definition) is 5. The lowest BCUT2D eigenvalue weighted by Crippen LogP contribution is -2.51. The maximum absolute atomic E-state index is 12.5. The second-order valence-corrected chi connectivity index (χ2v) is 7.11. The second kappa shape index (κ2) is 7.38. The van der Waals surface area contributed by atoms with Crippen LogP contribution in [0.5, 0.6) is 0 Å². The van der Waals surface area contributed by atoms with E-state index in [-0.39, 0.29) is 32.0 Å². The molecule has 2 rings (SSSR count). The predicted molar refractivity (Wildman–Crippen MR) is 79.4 cm³/mol. The van der Waals surface area contributed by atoms with Gasteiger partial charge >= 0.3 is 15.5 Å². The summed E-state index contributed by atoms with van der Waals surface area (Å²) >= 11 is 0. The van der Waals surface area contributed by atoms with Crippen LogP contribution in [0.3, 0.4) is 0 Å². The van der Waals surface area contributed by atoms with Crippen molar-refractivity contribution < 1.29 is 26.1 Å². The highest BCUT2D eigenvalue weighted by atomic mass is 32.2. The van der Waals surface area contributed by atoms with E-state index in [9.17, 15) is 21.6 Å². The van der Waals surface area contributed by atoms with Gasteiger partial charge in [-0.15, -0.1) is 0 Å². The normalized spacial score (nSPS) is 18.6. The Bertz CT molecular complexity index is 652. The van der Waals surface area contributed by atoms with Gasteiger partial charge in [-0.3, -0.25) is 4.99 Å². The van der Waals surface area contributed by atoms with Gasteiger partial charge in [-0.25, -0.2) is 8.42 Å². The molecule has 1 aliphatic rings. The number of guanidine groups is 1. The number of nitrogens with zero attached hydrogens (tertiary/aromatic N) is 3. The Kier molecular flexibility index (Phi) is 5.70. The van der Waals surface area contributed by atoms with Crippen molar-refractivity contribution in [1.29, 1.82) is 0 Å². The molecule has 1 aromatic rings. The summed E-state index contributed by atoms with van der Waals surface area (Å²) in [6.07, 6.45) is 1.93. The fourth-order valence-electron chi connectivity index (χ4n) is 2.28. The third-order valence-corrected chi connectivity index (χ3v) is 5.21. The molecule has 1 aromatic heterocycles. The van der Waals surface area contributed by atoms with E-state index in [1.165, 1.54) is 6.26 Å². The fourth-order valence-corrected chi connectivity index (χ4v) is 3.26. The molecular formula is C12H18F3N5O3S. The minimum absolute atomic E-state index is 0.173. The van der Waals surface area contributed by atoms with Crippen LogP contribution < -0.4 is 10.6 Å². The summed E-state index contributed by atoms with van der Waals surface area (Å²) in [6, 6.07) is 1.51. The van der Waals surface area contributed by atoms with Gasteiger partial charge in [0.05, 0.1) is 6.54 Å². The number of hydrogen-bond donors (Lipinski definition) is 2.